The van der Waals surface area contributed by atoms with Crippen LogP contribution in [0.3, 0.4) is 0 Å². The number of fused-ring (bicyclic) bond motifs is 6. The molecule has 0 bridgehead atoms. The van der Waals surface area contributed by atoms with Gasteiger partial charge in [0.25, 0.3) is 0 Å². The minimum Gasteiger partial charge on any atom is -0.309 e. The molecule has 3 heteroatoms. The van der Waals surface area contributed by atoms with Crippen LogP contribution < -0.4 is 0 Å². The van der Waals surface area contributed by atoms with Gasteiger partial charge in [0.15, 0.2) is 0 Å². The Hall–Kier alpha value is -9.83. The van der Waals surface area contributed by atoms with Crippen LogP contribution in [0.1, 0.15) is 7.43 Å². The molecule has 0 saturated heterocycles. The molecule has 0 saturated carbocycles. The molecule has 3 heterocycles. The summed E-state index contributed by atoms with van der Waals surface area (Å²) in [6.45, 7) is 0. The van der Waals surface area contributed by atoms with Crippen molar-refractivity contribution < 1.29 is 0 Å². The number of benzene rings is 11. The topological polar surface area (TPSA) is 22.8 Å². The van der Waals surface area contributed by atoms with Gasteiger partial charge in [0.1, 0.15) is 0 Å². The quantitative estimate of drug-likeness (QED) is 0.141. The van der Waals surface area contributed by atoms with E-state index in [9.17, 15) is 0 Å². The second-order valence-electron chi connectivity index (χ2n) is 19.2. The summed E-state index contributed by atoms with van der Waals surface area (Å²) >= 11 is 0. The Kier molecular flexibility index (Phi) is 11.4. The van der Waals surface area contributed by atoms with Crippen LogP contribution in [0.15, 0.2) is 285 Å². The van der Waals surface area contributed by atoms with E-state index in [4.69, 9.17) is 4.98 Å². The van der Waals surface area contributed by atoms with Gasteiger partial charge in [-0.3, -0.25) is 0 Å². The van der Waals surface area contributed by atoms with Crippen molar-refractivity contribution in [1.29, 1.82) is 0 Å². The number of nitrogens with zero attached hydrogens (tertiary/aromatic N) is 3. The summed E-state index contributed by atoms with van der Waals surface area (Å²) in [6.07, 6.45) is 0. The fourth-order valence-corrected chi connectivity index (χ4v) is 11.1. The fraction of sp³-hybridized carbons (Fsp3) is 0.0139. The number of aromatic nitrogens is 3. The summed E-state index contributed by atoms with van der Waals surface area (Å²) < 4.78 is 4.83. The number of pyridine rings is 1. The summed E-state index contributed by atoms with van der Waals surface area (Å²) in [4.78, 5) is 5.56. The van der Waals surface area contributed by atoms with Crippen LogP contribution >= 0.6 is 0 Å². The lowest BCUT2D eigenvalue weighted by atomic mass is 9.99. The molecule has 14 rings (SSSR count). The largest absolute Gasteiger partial charge is 0.309 e. The first kappa shape index (κ1) is 45.1. The van der Waals surface area contributed by atoms with Gasteiger partial charge in [0.05, 0.1) is 33.5 Å². The van der Waals surface area contributed by atoms with Crippen molar-refractivity contribution in [2.45, 2.75) is 7.43 Å². The molecule has 3 nitrogen and oxygen atoms in total. The maximum absolute atomic E-state index is 5.56. The molecule has 0 aliphatic heterocycles. The Morgan fingerprint density at radius 2 is 0.467 bits per heavy atom. The highest BCUT2D eigenvalue weighted by atomic mass is 15.0. The van der Waals surface area contributed by atoms with Gasteiger partial charge >= 0.3 is 0 Å². The van der Waals surface area contributed by atoms with Crippen LogP contribution in [0.25, 0.3) is 133 Å². The van der Waals surface area contributed by atoms with Crippen LogP contribution in [0.5, 0.6) is 0 Å². The third kappa shape index (κ3) is 8.18. The van der Waals surface area contributed by atoms with E-state index in [-0.39, 0.29) is 7.43 Å². The maximum Gasteiger partial charge on any atom is 0.0716 e. The van der Waals surface area contributed by atoms with Gasteiger partial charge in [-0.1, -0.05) is 208 Å². The van der Waals surface area contributed by atoms with Gasteiger partial charge in [-0.25, -0.2) is 4.98 Å². The summed E-state index contributed by atoms with van der Waals surface area (Å²) in [7, 11) is 0. The zero-order valence-electron chi connectivity index (χ0n) is 40.5. The molecule has 75 heavy (non-hydrogen) atoms. The van der Waals surface area contributed by atoms with Gasteiger partial charge in [-0.2, -0.15) is 0 Å². The van der Waals surface area contributed by atoms with Crippen LogP contribution in [-0.2, 0) is 0 Å². The normalized spacial score (nSPS) is 11.4. The molecule has 0 N–H and O–H groups in total. The predicted octanol–water partition coefficient (Wildman–Crippen LogP) is 19.6. The minimum atomic E-state index is 0. The SMILES string of the molecule is C.c1ccc(-c2cc(-c3cccc(-n4c5ccc(-c6ccccc6)cc5c5cc(-c6ccccc6)ccc54)c3)nc(-c3cccc(-n4c5ccc(-c6ccccc6)cc5c5cc(-c6ccccc6)ccc54)c3)c2)cc1. The Balaban J connectivity index is 0.00000541. The summed E-state index contributed by atoms with van der Waals surface area (Å²) in [5.41, 5.74) is 22.5. The van der Waals surface area contributed by atoms with Gasteiger partial charge in [0, 0.05) is 44.0 Å². The maximum atomic E-state index is 5.56. The third-order valence-corrected chi connectivity index (χ3v) is 14.7. The molecular weight excluding hydrogens is 907 g/mol. The molecule has 354 valence electrons. The van der Waals surface area contributed by atoms with E-state index in [2.05, 4.69) is 294 Å². The average Bonchev–Trinajstić information content (AvgIpc) is 4.00. The van der Waals surface area contributed by atoms with Gasteiger partial charge in [-0.05, 0) is 141 Å². The van der Waals surface area contributed by atoms with Gasteiger partial charge in [-0.15, -0.1) is 0 Å². The number of rotatable bonds is 9. The zero-order valence-corrected chi connectivity index (χ0v) is 40.5. The lowest BCUT2D eigenvalue weighted by molar-refractivity contribution is 1.17. The predicted molar refractivity (Wildman–Crippen MR) is 318 cm³/mol. The van der Waals surface area contributed by atoms with Crippen molar-refractivity contribution in [3.05, 3.63) is 285 Å². The van der Waals surface area contributed by atoms with Crippen molar-refractivity contribution in [2.24, 2.45) is 0 Å². The average molecular weight is 958 g/mol. The molecule has 14 aromatic rings. The van der Waals surface area contributed by atoms with Crippen molar-refractivity contribution in [1.82, 2.24) is 14.1 Å². The lowest BCUT2D eigenvalue weighted by Crippen LogP contribution is -1.97. The summed E-state index contributed by atoms with van der Waals surface area (Å²) in [6, 6.07) is 103. The molecule has 0 aliphatic carbocycles. The van der Waals surface area contributed by atoms with Crippen LogP contribution in [-0.4, -0.2) is 14.1 Å². The highest BCUT2D eigenvalue weighted by Crippen LogP contribution is 2.41. The molecule has 11 aromatic carbocycles. The van der Waals surface area contributed by atoms with E-state index in [0.717, 1.165) is 67.1 Å². The van der Waals surface area contributed by atoms with E-state index in [0.29, 0.717) is 0 Å². The van der Waals surface area contributed by atoms with Crippen molar-refractivity contribution in [3.63, 3.8) is 0 Å². The van der Waals surface area contributed by atoms with Gasteiger partial charge in [0.2, 0.25) is 0 Å². The highest BCUT2D eigenvalue weighted by Gasteiger charge is 2.19. The molecule has 0 spiro atoms. The molecule has 0 unspecified atom stereocenters. The second-order valence-corrected chi connectivity index (χ2v) is 19.2. The highest BCUT2D eigenvalue weighted by molar-refractivity contribution is 6.13. The molecule has 0 fully saturated rings. The molecule has 0 aliphatic rings. The molecule has 0 radical (unpaired) electrons. The third-order valence-electron chi connectivity index (χ3n) is 14.7. The van der Waals surface area contributed by atoms with E-state index in [1.54, 1.807) is 0 Å². The van der Waals surface area contributed by atoms with Crippen molar-refractivity contribution >= 4 is 43.6 Å². The minimum absolute atomic E-state index is 0. The van der Waals surface area contributed by atoms with Crippen molar-refractivity contribution in [3.8, 4) is 89.5 Å². The lowest BCUT2D eigenvalue weighted by Gasteiger charge is -2.14. The second kappa shape index (κ2) is 19.0. The van der Waals surface area contributed by atoms with E-state index in [1.165, 1.54) is 66.1 Å². The fourth-order valence-electron chi connectivity index (χ4n) is 11.1. The van der Waals surface area contributed by atoms with E-state index < -0.39 is 0 Å². The number of hydrogen-bond donors (Lipinski definition) is 0. The summed E-state index contributed by atoms with van der Waals surface area (Å²) in [5, 5.41) is 4.86. The van der Waals surface area contributed by atoms with Crippen LogP contribution in [0.4, 0.5) is 0 Å². The molecule has 0 amide bonds. The first-order valence-electron chi connectivity index (χ1n) is 25.3. The van der Waals surface area contributed by atoms with E-state index >= 15 is 0 Å². The zero-order chi connectivity index (χ0) is 49.0. The Labute approximate surface area is 437 Å². The molecule has 0 atom stereocenters. The Bertz CT molecular complexity index is 3930. The first-order valence-corrected chi connectivity index (χ1v) is 25.3. The number of hydrogen-bond acceptors (Lipinski definition) is 1. The first-order chi connectivity index (χ1) is 36.7. The van der Waals surface area contributed by atoms with Crippen LogP contribution in [0.2, 0.25) is 0 Å². The monoisotopic (exact) mass is 957 g/mol. The molecular formula is C72H51N3. The Morgan fingerprint density at radius 3 is 0.760 bits per heavy atom. The summed E-state index contributed by atoms with van der Waals surface area (Å²) in [5.74, 6) is 0. The van der Waals surface area contributed by atoms with Crippen molar-refractivity contribution in [2.75, 3.05) is 0 Å². The van der Waals surface area contributed by atoms with Gasteiger partial charge < -0.3 is 9.13 Å². The Morgan fingerprint density at radius 1 is 0.200 bits per heavy atom. The smallest absolute Gasteiger partial charge is 0.0716 e. The standard InChI is InChI=1S/C71H47N3.CH4/c1-6-18-48(19-7-1)53-32-36-68-62(42-53)63-43-54(49-20-8-2-9-21-49)33-37-69(63)73(68)60-30-16-28-57(40-60)66-46-59(52-26-14-5-15-27-52)47-67(72-66)58-29-17-31-61(41-58)74-70-38-34-55(50-22-10-3-11-23-50)44-64(70)65-45-56(35-39-71(65)74)51-24-12-4-13-25-51;/h1-47H;1H4. The molecule has 3 aromatic heterocycles. The van der Waals surface area contributed by atoms with E-state index in [1.807, 2.05) is 0 Å². The van der Waals surface area contributed by atoms with Crippen LogP contribution in [0, 0.1) is 0 Å².